The Bertz CT molecular complexity index is 174. The van der Waals surface area contributed by atoms with Gasteiger partial charge in [0, 0.05) is 5.54 Å². The molecule has 4 heteroatoms. The molecule has 1 fully saturated rings. The van der Waals surface area contributed by atoms with E-state index in [1.165, 1.54) is 0 Å². The van der Waals surface area contributed by atoms with Crippen molar-refractivity contribution in [2.45, 2.75) is 51.5 Å². The molecule has 0 amide bonds. The van der Waals surface area contributed by atoms with Gasteiger partial charge in [-0.15, -0.1) is 0 Å². The average Bonchev–Trinajstić information content (AvgIpc) is 1.94. The van der Waals surface area contributed by atoms with Crippen molar-refractivity contribution in [2.75, 3.05) is 0 Å². The van der Waals surface area contributed by atoms with Crippen LogP contribution in [0.25, 0.3) is 0 Å². The first-order chi connectivity index (χ1) is 5.96. The van der Waals surface area contributed by atoms with Crippen LogP contribution >= 0.6 is 0 Å². The zero-order chi connectivity index (χ0) is 10.1. The van der Waals surface area contributed by atoms with Crippen LogP contribution in [0.1, 0.15) is 46.0 Å². The second kappa shape index (κ2) is 3.69. The van der Waals surface area contributed by atoms with Crippen molar-refractivity contribution in [3.05, 3.63) is 0 Å². The molecule has 0 saturated heterocycles. The highest BCUT2D eigenvalue weighted by Crippen LogP contribution is 2.58. The monoisotopic (exact) mass is 204 g/mol. The van der Waals surface area contributed by atoms with Crippen LogP contribution < -0.4 is 0 Å². The van der Waals surface area contributed by atoms with E-state index in [1.807, 2.05) is 0 Å². The molecule has 0 aromatic heterocycles. The molecular weight excluding hydrogens is 184 g/mol. The van der Waals surface area contributed by atoms with Crippen LogP contribution in [0.15, 0.2) is 0 Å². The Morgan fingerprint density at radius 1 is 1.31 bits per heavy atom. The zero-order valence-electron chi connectivity index (χ0n) is 8.45. The van der Waals surface area contributed by atoms with Gasteiger partial charge < -0.3 is 14.4 Å². The summed E-state index contributed by atoms with van der Waals surface area (Å²) in [5.74, 6) is 0. The summed E-state index contributed by atoms with van der Waals surface area (Å²) in [6, 6.07) is 0. The molecule has 3 nitrogen and oxygen atoms in total. The van der Waals surface area contributed by atoms with Gasteiger partial charge in [-0.25, -0.2) is 0 Å². The quantitative estimate of drug-likeness (QED) is 0.604. The van der Waals surface area contributed by atoms with Crippen LogP contribution in [-0.2, 0) is 0 Å². The Hall–Kier alpha value is 0.0969. The largest absolute Gasteiger partial charge is 0.496 e. The molecule has 0 aromatic carbocycles. The van der Waals surface area contributed by atoms with Gasteiger partial charge in [-0.2, -0.15) is 0 Å². The van der Waals surface area contributed by atoms with Gasteiger partial charge in [-0.3, -0.25) is 0 Å². The summed E-state index contributed by atoms with van der Waals surface area (Å²) < 4.78 is 0. The molecule has 1 aliphatic carbocycles. The molecule has 0 radical (unpaired) electrons. The van der Waals surface area contributed by atoms with Crippen molar-refractivity contribution in [2.24, 2.45) is 5.41 Å². The van der Waals surface area contributed by atoms with Gasteiger partial charge in [0.05, 0.1) is 0 Å². The van der Waals surface area contributed by atoms with E-state index in [-0.39, 0.29) is 11.0 Å². The topological polar surface area (TPSA) is 60.7 Å². The van der Waals surface area contributed by atoms with E-state index in [1.54, 1.807) is 0 Å². The SMILES string of the molecule is CCCC1(CC)CCC1[Si](O)(O)O. The smallest absolute Gasteiger partial charge is 0.390 e. The van der Waals surface area contributed by atoms with Crippen molar-refractivity contribution < 1.29 is 14.4 Å². The van der Waals surface area contributed by atoms with Crippen LogP contribution in [-0.4, -0.2) is 23.2 Å². The normalized spacial score (nSPS) is 34.4. The summed E-state index contributed by atoms with van der Waals surface area (Å²) in [6.07, 6.45) is 4.82. The molecule has 13 heavy (non-hydrogen) atoms. The summed E-state index contributed by atoms with van der Waals surface area (Å²) in [4.78, 5) is 27.8. The predicted molar refractivity (Wildman–Crippen MR) is 53.0 cm³/mol. The van der Waals surface area contributed by atoms with Crippen molar-refractivity contribution in [3.8, 4) is 0 Å². The zero-order valence-corrected chi connectivity index (χ0v) is 9.45. The van der Waals surface area contributed by atoms with Crippen molar-refractivity contribution in [1.82, 2.24) is 0 Å². The minimum Gasteiger partial charge on any atom is -0.390 e. The van der Waals surface area contributed by atoms with E-state index < -0.39 is 8.80 Å². The fraction of sp³-hybridized carbons (Fsp3) is 1.00. The number of rotatable bonds is 4. The summed E-state index contributed by atoms with van der Waals surface area (Å²) in [5, 5.41) is 0. The van der Waals surface area contributed by atoms with E-state index in [0.717, 1.165) is 32.1 Å². The predicted octanol–water partition coefficient (Wildman–Crippen LogP) is 1.26. The van der Waals surface area contributed by atoms with Gasteiger partial charge in [0.15, 0.2) is 0 Å². The molecule has 0 bridgehead atoms. The minimum absolute atomic E-state index is 0.0270. The Labute approximate surface area is 80.8 Å². The summed E-state index contributed by atoms with van der Waals surface area (Å²) in [6.45, 7) is 4.17. The van der Waals surface area contributed by atoms with E-state index in [0.29, 0.717) is 0 Å². The third kappa shape index (κ3) is 1.96. The van der Waals surface area contributed by atoms with Gasteiger partial charge >= 0.3 is 8.80 Å². The molecule has 2 unspecified atom stereocenters. The third-order valence-corrected chi connectivity index (χ3v) is 5.43. The fourth-order valence-corrected chi connectivity index (χ4v) is 4.54. The molecule has 1 aliphatic rings. The summed E-state index contributed by atoms with van der Waals surface area (Å²) in [7, 11) is -3.87. The molecule has 0 spiro atoms. The molecule has 0 heterocycles. The molecule has 1 saturated carbocycles. The lowest BCUT2D eigenvalue weighted by molar-refractivity contribution is 0.0521. The molecule has 2 atom stereocenters. The molecule has 0 aliphatic heterocycles. The maximum Gasteiger partial charge on any atom is 0.496 e. The highest BCUT2D eigenvalue weighted by molar-refractivity contribution is 6.58. The van der Waals surface area contributed by atoms with E-state index in [4.69, 9.17) is 0 Å². The van der Waals surface area contributed by atoms with Crippen LogP contribution in [0.2, 0.25) is 5.54 Å². The lowest BCUT2D eigenvalue weighted by Crippen LogP contribution is -2.54. The molecule has 1 rings (SSSR count). The maximum atomic E-state index is 9.28. The Kier molecular flexibility index (Phi) is 3.17. The first-order valence-corrected chi connectivity index (χ1v) is 7.05. The van der Waals surface area contributed by atoms with E-state index in [9.17, 15) is 14.4 Å². The highest BCUT2D eigenvalue weighted by Gasteiger charge is 2.57. The van der Waals surface area contributed by atoms with Gasteiger partial charge in [0.2, 0.25) is 0 Å². The molecule has 78 valence electrons. The van der Waals surface area contributed by atoms with Crippen LogP contribution in [0.5, 0.6) is 0 Å². The second-order valence-corrected chi connectivity index (χ2v) is 6.32. The standard InChI is InChI=1S/C9H20O3Si/c1-3-6-9(4-2)7-5-8(9)13(10,11)12/h8,10-12H,3-7H2,1-2H3. The van der Waals surface area contributed by atoms with Crippen molar-refractivity contribution >= 4 is 8.80 Å². The van der Waals surface area contributed by atoms with Gasteiger partial charge in [-0.05, 0) is 24.7 Å². The number of hydrogen-bond donors (Lipinski definition) is 3. The van der Waals surface area contributed by atoms with Crippen molar-refractivity contribution in [3.63, 3.8) is 0 Å². The Morgan fingerprint density at radius 3 is 2.15 bits per heavy atom. The Balaban J connectivity index is 2.68. The molecular formula is C9H20O3Si. The second-order valence-electron chi connectivity index (χ2n) is 4.24. The van der Waals surface area contributed by atoms with Gasteiger partial charge in [0.25, 0.3) is 0 Å². The molecule has 0 aromatic rings. The van der Waals surface area contributed by atoms with Crippen molar-refractivity contribution in [1.29, 1.82) is 0 Å². The van der Waals surface area contributed by atoms with Crippen LogP contribution in [0.3, 0.4) is 0 Å². The molecule has 3 N–H and O–H groups in total. The van der Waals surface area contributed by atoms with Crippen LogP contribution in [0, 0.1) is 5.41 Å². The highest BCUT2D eigenvalue weighted by atomic mass is 28.4. The first kappa shape index (κ1) is 11.2. The maximum absolute atomic E-state index is 9.28. The number of hydrogen-bond acceptors (Lipinski definition) is 3. The van der Waals surface area contributed by atoms with E-state index in [2.05, 4.69) is 13.8 Å². The fourth-order valence-electron chi connectivity index (χ4n) is 2.70. The first-order valence-electron chi connectivity index (χ1n) is 5.13. The van der Waals surface area contributed by atoms with Gasteiger partial charge in [0.1, 0.15) is 0 Å². The summed E-state index contributed by atoms with van der Waals surface area (Å²) >= 11 is 0. The Morgan fingerprint density at radius 2 is 1.92 bits per heavy atom. The van der Waals surface area contributed by atoms with Gasteiger partial charge in [-0.1, -0.05) is 26.7 Å². The van der Waals surface area contributed by atoms with Crippen LogP contribution in [0.4, 0.5) is 0 Å². The third-order valence-electron chi connectivity index (χ3n) is 3.59. The summed E-state index contributed by atoms with van der Waals surface area (Å²) in [5.41, 5.74) is -0.191. The lowest BCUT2D eigenvalue weighted by Gasteiger charge is -2.51. The minimum atomic E-state index is -3.87. The lowest BCUT2D eigenvalue weighted by atomic mass is 9.64. The average molecular weight is 204 g/mol. The van der Waals surface area contributed by atoms with E-state index >= 15 is 0 Å².